The summed E-state index contributed by atoms with van der Waals surface area (Å²) in [6.45, 7) is 0. The second-order valence-electron chi connectivity index (χ2n) is 4.98. The molecule has 1 fully saturated rings. The van der Waals surface area contributed by atoms with Gasteiger partial charge in [0.25, 0.3) is 0 Å². The molecule has 7 heteroatoms. The van der Waals surface area contributed by atoms with Gasteiger partial charge in [-0.3, -0.25) is 0 Å². The van der Waals surface area contributed by atoms with Gasteiger partial charge in [0.2, 0.25) is 15.9 Å². The number of nitrogens with zero attached hydrogens (tertiary/aromatic N) is 2. The summed E-state index contributed by atoms with van der Waals surface area (Å²) in [7, 11) is -3.14. The maximum Gasteiger partial charge on any atom is 0.213 e. The Bertz CT molecular complexity index is 584. The third kappa shape index (κ3) is 4.47. The first-order chi connectivity index (χ1) is 9.46. The molecule has 6 nitrogen and oxygen atoms in total. The van der Waals surface area contributed by atoms with E-state index in [1.165, 1.54) is 12.5 Å². The van der Waals surface area contributed by atoms with Crippen molar-refractivity contribution in [3.05, 3.63) is 23.9 Å². The molecule has 1 aliphatic carbocycles. The third-order valence-corrected chi connectivity index (χ3v) is 3.97. The molecule has 1 N–H and O–H groups in total. The first-order valence-electron chi connectivity index (χ1n) is 6.46. The molecule has 20 heavy (non-hydrogen) atoms. The molecule has 1 aromatic rings. The van der Waals surface area contributed by atoms with Crippen molar-refractivity contribution < 1.29 is 13.2 Å². The SMILES string of the molecule is CS(=O)(=O)NC1CCC(Oc2ccc(C#N)cn2)CC1. The first-order valence-corrected chi connectivity index (χ1v) is 8.35. The number of hydrogen-bond donors (Lipinski definition) is 1. The summed E-state index contributed by atoms with van der Waals surface area (Å²) in [6, 6.07) is 5.35. The zero-order valence-electron chi connectivity index (χ0n) is 11.2. The quantitative estimate of drug-likeness (QED) is 0.900. The number of ether oxygens (including phenoxy) is 1. The lowest BCUT2D eigenvalue weighted by Crippen LogP contribution is -2.39. The van der Waals surface area contributed by atoms with Crippen molar-refractivity contribution >= 4 is 10.0 Å². The van der Waals surface area contributed by atoms with Gasteiger partial charge in [0.15, 0.2) is 0 Å². The van der Waals surface area contributed by atoms with Crippen LogP contribution in [0.25, 0.3) is 0 Å². The van der Waals surface area contributed by atoms with E-state index in [0.29, 0.717) is 11.4 Å². The van der Waals surface area contributed by atoms with Gasteiger partial charge in [0.05, 0.1) is 11.8 Å². The van der Waals surface area contributed by atoms with E-state index in [0.717, 1.165) is 25.7 Å². The first kappa shape index (κ1) is 14.8. The molecule has 0 atom stereocenters. The zero-order valence-corrected chi connectivity index (χ0v) is 12.1. The molecule has 1 aromatic heterocycles. The molecule has 108 valence electrons. The predicted molar refractivity (Wildman–Crippen MR) is 73.6 cm³/mol. The van der Waals surface area contributed by atoms with Crippen LogP contribution in [0.3, 0.4) is 0 Å². The molecule has 1 saturated carbocycles. The van der Waals surface area contributed by atoms with Crippen molar-refractivity contribution in [3.63, 3.8) is 0 Å². The highest BCUT2D eigenvalue weighted by atomic mass is 32.2. The van der Waals surface area contributed by atoms with Gasteiger partial charge in [-0.1, -0.05) is 0 Å². The van der Waals surface area contributed by atoms with Crippen LogP contribution in [-0.4, -0.2) is 31.8 Å². The lowest BCUT2D eigenvalue weighted by Gasteiger charge is -2.28. The van der Waals surface area contributed by atoms with Gasteiger partial charge < -0.3 is 4.74 Å². The molecule has 1 heterocycles. The maximum atomic E-state index is 11.2. The van der Waals surface area contributed by atoms with Crippen LogP contribution < -0.4 is 9.46 Å². The van der Waals surface area contributed by atoms with Crippen LogP contribution >= 0.6 is 0 Å². The smallest absolute Gasteiger partial charge is 0.213 e. The van der Waals surface area contributed by atoms with Gasteiger partial charge in [0, 0.05) is 18.3 Å². The molecule has 0 unspecified atom stereocenters. The van der Waals surface area contributed by atoms with Crippen LogP contribution in [0.2, 0.25) is 0 Å². The number of aromatic nitrogens is 1. The highest BCUT2D eigenvalue weighted by molar-refractivity contribution is 7.88. The molecule has 2 rings (SSSR count). The number of sulfonamides is 1. The van der Waals surface area contributed by atoms with Gasteiger partial charge in [0.1, 0.15) is 12.2 Å². The largest absolute Gasteiger partial charge is 0.474 e. The molecular weight excluding hydrogens is 278 g/mol. The van der Waals surface area contributed by atoms with Crippen LogP contribution in [0.1, 0.15) is 31.2 Å². The fourth-order valence-corrected chi connectivity index (χ4v) is 3.13. The van der Waals surface area contributed by atoms with Gasteiger partial charge >= 0.3 is 0 Å². The molecule has 1 aliphatic rings. The minimum atomic E-state index is -3.14. The van der Waals surface area contributed by atoms with Gasteiger partial charge in [-0.05, 0) is 31.7 Å². The van der Waals surface area contributed by atoms with E-state index >= 15 is 0 Å². The van der Waals surface area contributed by atoms with Gasteiger partial charge in [-0.25, -0.2) is 18.1 Å². The Kier molecular flexibility index (Phi) is 4.57. The second-order valence-corrected chi connectivity index (χ2v) is 6.76. The lowest BCUT2D eigenvalue weighted by atomic mass is 9.94. The lowest BCUT2D eigenvalue weighted by molar-refractivity contribution is 0.138. The van der Waals surface area contributed by atoms with Crippen LogP contribution in [0.15, 0.2) is 18.3 Å². The van der Waals surface area contributed by atoms with Crippen molar-refractivity contribution in [3.8, 4) is 11.9 Å². The van der Waals surface area contributed by atoms with E-state index < -0.39 is 10.0 Å². The van der Waals surface area contributed by atoms with Crippen LogP contribution in [0.5, 0.6) is 5.88 Å². The van der Waals surface area contributed by atoms with E-state index in [2.05, 4.69) is 9.71 Å². The van der Waals surface area contributed by atoms with E-state index in [9.17, 15) is 8.42 Å². The van der Waals surface area contributed by atoms with Crippen molar-refractivity contribution in [2.45, 2.75) is 37.8 Å². The fraction of sp³-hybridized carbons (Fsp3) is 0.538. The van der Waals surface area contributed by atoms with Crippen molar-refractivity contribution in [1.29, 1.82) is 5.26 Å². The monoisotopic (exact) mass is 295 g/mol. The fourth-order valence-electron chi connectivity index (χ4n) is 2.29. The standard InChI is InChI=1S/C13H17N3O3S/c1-20(17,18)16-11-3-5-12(6-4-11)19-13-7-2-10(8-14)9-15-13/h2,7,9,11-12,16H,3-6H2,1H3. The zero-order chi connectivity index (χ0) is 14.6. The van der Waals surface area contributed by atoms with Crippen LogP contribution in [0, 0.1) is 11.3 Å². The van der Waals surface area contributed by atoms with E-state index in [-0.39, 0.29) is 12.1 Å². The van der Waals surface area contributed by atoms with Gasteiger partial charge in [-0.15, -0.1) is 0 Å². The molecule has 0 saturated heterocycles. The maximum absolute atomic E-state index is 11.2. The Morgan fingerprint density at radius 1 is 1.35 bits per heavy atom. The summed E-state index contributed by atoms with van der Waals surface area (Å²) in [5.41, 5.74) is 0.499. The number of hydrogen-bond acceptors (Lipinski definition) is 5. The summed E-state index contributed by atoms with van der Waals surface area (Å²) < 4.78 is 30.7. The summed E-state index contributed by atoms with van der Waals surface area (Å²) in [5.74, 6) is 0.503. The van der Waals surface area contributed by atoms with Gasteiger partial charge in [-0.2, -0.15) is 5.26 Å². The molecule has 0 spiro atoms. The second kappa shape index (κ2) is 6.20. The number of nitrogens with one attached hydrogen (secondary N) is 1. The highest BCUT2D eigenvalue weighted by Crippen LogP contribution is 2.23. The minimum Gasteiger partial charge on any atom is -0.474 e. The number of pyridine rings is 1. The number of rotatable bonds is 4. The van der Waals surface area contributed by atoms with Crippen LogP contribution in [-0.2, 0) is 10.0 Å². The summed E-state index contributed by atoms with van der Waals surface area (Å²) in [5, 5.41) is 8.69. The van der Waals surface area contributed by atoms with Crippen molar-refractivity contribution in [2.24, 2.45) is 0 Å². The Morgan fingerprint density at radius 3 is 2.55 bits per heavy atom. The van der Waals surface area contributed by atoms with Crippen LogP contribution in [0.4, 0.5) is 0 Å². The molecule has 0 radical (unpaired) electrons. The Hall–Kier alpha value is -1.65. The normalized spacial score (nSPS) is 23.0. The predicted octanol–water partition coefficient (Wildman–Crippen LogP) is 1.19. The summed E-state index contributed by atoms with van der Waals surface area (Å²) in [6.07, 6.45) is 5.79. The Balaban J connectivity index is 1.83. The topological polar surface area (TPSA) is 92.1 Å². The molecule has 0 bridgehead atoms. The Morgan fingerprint density at radius 2 is 2.05 bits per heavy atom. The average Bonchev–Trinajstić information content (AvgIpc) is 2.40. The van der Waals surface area contributed by atoms with E-state index in [4.69, 9.17) is 10.00 Å². The minimum absolute atomic E-state index is 0.00114. The summed E-state index contributed by atoms with van der Waals surface area (Å²) in [4.78, 5) is 4.07. The highest BCUT2D eigenvalue weighted by Gasteiger charge is 2.24. The molecule has 0 amide bonds. The molecule has 0 aromatic carbocycles. The summed E-state index contributed by atoms with van der Waals surface area (Å²) >= 11 is 0. The number of nitriles is 1. The van der Waals surface area contributed by atoms with E-state index in [1.54, 1.807) is 12.1 Å². The Labute approximate surface area is 118 Å². The van der Waals surface area contributed by atoms with Crippen molar-refractivity contribution in [1.82, 2.24) is 9.71 Å². The molecule has 0 aliphatic heterocycles. The third-order valence-electron chi connectivity index (χ3n) is 3.21. The van der Waals surface area contributed by atoms with Crippen molar-refractivity contribution in [2.75, 3.05) is 6.26 Å². The average molecular weight is 295 g/mol. The molecular formula is C13H17N3O3S. The van der Waals surface area contributed by atoms with E-state index in [1.807, 2.05) is 6.07 Å².